The van der Waals surface area contributed by atoms with E-state index in [2.05, 4.69) is 0 Å². The lowest BCUT2D eigenvalue weighted by molar-refractivity contribution is -0.137. The van der Waals surface area contributed by atoms with Crippen molar-refractivity contribution in [1.82, 2.24) is 9.80 Å². The van der Waals surface area contributed by atoms with Gasteiger partial charge >= 0.3 is 6.18 Å². The molecule has 1 aliphatic rings. The Morgan fingerprint density at radius 1 is 0.931 bits per heavy atom. The van der Waals surface area contributed by atoms with Gasteiger partial charge in [-0.2, -0.15) is 13.2 Å². The normalized spacial score (nSPS) is 14.6. The van der Waals surface area contributed by atoms with Crippen molar-refractivity contribution in [3.8, 4) is 11.5 Å². The van der Waals surface area contributed by atoms with Crippen molar-refractivity contribution in [2.45, 2.75) is 6.18 Å². The number of amides is 2. The first-order valence-corrected chi connectivity index (χ1v) is 8.83. The summed E-state index contributed by atoms with van der Waals surface area (Å²) in [4.78, 5) is 28.2. The summed E-state index contributed by atoms with van der Waals surface area (Å²) in [6.07, 6.45) is -4.46. The van der Waals surface area contributed by atoms with Crippen molar-refractivity contribution >= 4 is 11.8 Å². The van der Waals surface area contributed by atoms with Crippen molar-refractivity contribution in [1.29, 1.82) is 0 Å². The Kier molecular flexibility index (Phi) is 5.67. The van der Waals surface area contributed by atoms with Crippen molar-refractivity contribution in [3.63, 3.8) is 0 Å². The molecule has 6 nitrogen and oxygen atoms in total. The summed E-state index contributed by atoms with van der Waals surface area (Å²) < 4.78 is 43.0. The van der Waals surface area contributed by atoms with Gasteiger partial charge in [0.2, 0.25) is 0 Å². The molecule has 1 fully saturated rings. The predicted molar refractivity (Wildman–Crippen MR) is 97.9 cm³/mol. The lowest BCUT2D eigenvalue weighted by Crippen LogP contribution is -2.50. The fraction of sp³-hybridized carbons (Fsp3) is 0.300. The van der Waals surface area contributed by atoms with Crippen LogP contribution in [0.25, 0.3) is 0 Å². The topological polar surface area (TPSA) is 70.1 Å². The maximum absolute atomic E-state index is 12.7. The summed E-state index contributed by atoms with van der Waals surface area (Å²) in [6, 6.07) is 8.39. The highest BCUT2D eigenvalue weighted by Gasteiger charge is 2.31. The number of piperazine rings is 1. The largest absolute Gasteiger partial charge is 0.507 e. The quantitative estimate of drug-likeness (QED) is 0.848. The molecule has 9 heteroatoms. The van der Waals surface area contributed by atoms with E-state index >= 15 is 0 Å². The zero-order valence-electron chi connectivity index (χ0n) is 15.6. The van der Waals surface area contributed by atoms with E-state index in [4.69, 9.17) is 4.74 Å². The van der Waals surface area contributed by atoms with Gasteiger partial charge in [-0.1, -0.05) is 0 Å². The number of aromatic hydroxyl groups is 1. The number of phenols is 1. The van der Waals surface area contributed by atoms with Crippen LogP contribution in [0.4, 0.5) is 13.2 Å². The maximum atomic E-state index is 12.7. The molecule has 29 heavy (non-hydrogen) atoms. The van der Waals surface area contributed by atoms with Gasteiger partial charge in [0, 0.05) is 31.7 Å². The van der Waals surface area contributed by atoms with Crippen LogP contribution in [0, 0.1) is 0 Å². The Hall–Kier alpha value is -3.23. The summed E-state index contributed by atoms with van der Waals surface area (Å²) in [7, 11) is 1.45. The molecular formula is C20H19F3N2O4. The molecule has 154 valence electrons. The highest BCUT2D eigenvalue weighted by molar-refractivity contribution is 5.98. The lowest BCUT2D eigenvalue weighted by atomic mass is 10.1. The van der Waals surface area contributed by atoms with Crippen molar-refractivity contribution in [2.75, 3.05) is 33.3 Å². The lowest BCUT2D eigenvalue weighted by Gasteiger charge is -2.35. The third kappa shape index (κ3) is 4.44. The number of hydrogen-bond donors (Lipinski definition) is 1. The SMILES string of the molecule is COc1ccc(O)c(C(=O)N2CCN(C(=O)c3ccc(C(F)(F)F)cc3)CC2)c1. The van der Waals surface area contributed by atoms with Crippen LogP contribution in [-0.4, -0.2) is 60.0 Å². The van der Waals surface area contributed by atoms with E-state index in [1.54, 1.807) is 0 Å². The van der Waals surface area contributed by atoms with Crippen LogP contribution in [0.5, 0.6) is 11.5 Å². The Balaban J connectivity index is 1.64. The first kappa shape index (κ1) is 20.5. The second-order valence-corrected chi connectivity index (χ2v) is 6.54. The minimum Gasteiger partial charge on any atom is -0.507 e. The van der Waals surface area contributed by atoms with Crippen LogP contribution in [-0.2, 0) is 6.18 Å². The molecule has 0 atom stereocenters. The van der Waals surface area contributed by atoms with Gasteiger partial charge in [-0.15, -0.1) is 0 Å². The zero-order valence-corrected chi connectivity index (χ0v) is 15.6. The molecular weight excluding hydrogens is 389 g/mol. The van der Waals surface area contributed by atoms with E-state index in [0.717, 1.165) is 24.3 Å². The number of halogens is 3. The molecule has 1 aliphatic heterocycles. The van der Waals surface area contributed by atoms with Crippen LogP contribution in [0.3, 0.4) is 0 Å². The fourth-order valence-electron chi connectivity index (χ4n) is 3.08. The number of phenolic OH excluding ortho intramolecular Hbond substituents is 1. The first-order valence-electron chi connectivity index (χ1n) is 8.83. The Bertz CT molecular complexity index is 905. The van der Waals surface area contributed by atoms with Gasteiger partial charge in [0.25, 0.3) is 11.8 Å². The van der Waals surface area contributed by atoms with Gasteiger partial charge in [0.05, 0.1) is 18.2 Å². The molecule has 2 amide bonds. The second kappa shape index (κ2) is 8.02. The van der Waals surface area contributed by atoms with E-state index < -0.39 is 17.6 Å². The molecule has 0 saturated carbocycles. The molecule has 2 aromatic rings. The van der Waals surface area contributed by atoms with Gasteiger partial charge in [0.15, 0.2) is 0 Å². The molecule has 3 rings (SSSR count). The van der Waals surface area contributed by atoms with Gasteiger partial charge < -0.3 is 19.6 Å². The fourth-order valence-corrected chi connectivity index (χ4v) is 3.08. The standard InChI is InChI=1S/C20H19F3N2O4/c1-29-15-6-7-17(26)16(12-15)19(28)25-10-8-24(9-11-25)18(27)13-2-4-14(5-3-13)20(21,22)23/h2-7,12,26H,8-11H2,1H3. The minimum atomic E-state index is -4.46. The number of carbonyl (C=O) groups excluding carboxylic acids is 2. The number of ether oxygens (including phenoxy) is 1. The monoisotopic (exact) mass is 408 g/mol. The number of hydrogen-bond acceptors (Lipinski definition) is 4. The van der Waals surface area contributed by atoms with E-state index in [9.17, 15) is 27.9 Å². The zero-order chi connectivity index (χ0) is 21.2. The van der Waals surface area contributed by atoms with Gasteiger partial charge in [-0.05, 0) is 42.5 Å². The summed E-state index contributed by atoms with van der Waals surface area (Å²) in [6.45, 7) is 0.941. The van der Waals surface area contributed by atoms with Crippen LogP contribution >= 0.6 is 0 Å². The number of alkyl halides is 3. The third-order valence-electron chi connectivity index (χ3n) is 4.75. The summed E-state index contributed by atoms with van der Waals surface area (Å²) in [5.41, 5.74) is -0.558. The summed E-state index contributed by atoms with van der Waals surface area (Å²) in [5, 5.41) is 9.95. The van der Waals surface area contributed by atoms with E-state index in [0.29, 0.717) is 5.75 Å². The predicted octanol–water partition coefficient (Wildman–Crippen LogP) is 3.02. The smallest absolute Gasteiger partial charge is 0.416 e. The van der Waals surface area contributed by atoms with Gasteiger partial charge in [0.1, 0.15) is 11.5 Å². The van der Waals surface area contributed by atoms with Crippen molar-refractivity contribution in [3.05, 3.63) is 59.2 Å². The van der Waals surface area contributed by atoms with E-state index in [-0.39, 0.29) is 49.0 Å². The Labute approximate surface area is 165 Å². The molecule has 1 heterocycles. The molecule has 2 aromatic carbocycles. The molecule has 1 N–H and O–H groups in total. The Morgan fingerprint density at radius 3 is 2.00 bits per heavy atom. The van der Waals surface area contributed by atoms with Crippen LogP contribution < -0.4 is 4.74 Å². The maximum Gasteiger partial charge on any atom is 0.416 e. The Morgan fingerprint density at radius 2 is 1.48 bits per heavy atom. The number of rotatable bonds is 3. The summed E-state index contributed by atoms with van der Waals surface area (Å²) in [5.74, 6) is -0.514. The van der Waals surface area contributed by atoms with Crippen LogP contribution in [0.1, 0.15) is 26.3 Å². The molecule has 0 radical (unpaired) electrons. The van der Waals surface area contributed by atoms with Gasteiger partial charge in [-0.3, -0.25) is 9.59 Å². The molecule has 0 aliphatic carbocycles. The molecule has 0 bridgehead atoms. The van der Waals surface area contributed by atoms with Gasteiger partial charge in [-0.25, -0.2) is 0 Å². The highest BCUT2D eigenvalue weighted by Crippen LogP contribution is 2.29. The number of nitrogens with zero attached hydrogens (tertiary/aromatic N) is 2. The average molecular weight is 408 g/mol. The molecule has 1 saturated heterocycles. The average Bonchev–Trinajstić information content (AvgIpc) is 2.72. The molecule has 0 spiro atoms. The van der Waals surface area contributed by atoms with E-state index in [1.165, 1.54) is 35.1 Å². The van der Waals surface area contributed by atoms with Crippen LogP contribution in [0.15, 0.2) is 42.5 Å². The van der Waals surface area contributed by atoms with Crippen LogP contribution in [0.2, 0.25) is 0 Å². The van der Waals surface area contributed by atoms with E-state index in [1.807, 2.05) is 0 Å². The summed E-state index contributed by atoms with van der Waals surface area (Å²) >= 11 is 0. The third-order valence-corrected chi connectivity index (χ3v) is 4.75. The second-order valence-electron chi connectivity index (χ2n) is 6.54. The minimum absolute atomic E-state index is 0.104. The van der Waals surface area contributed by atoms with Crippen molar-refractivity contribution in [2.24, 2.45) is 0 Å². The van der Waals surface area contributed by atoms with Crippen molar-refractivity contribution < 1.29 is 32.6 Å². The number of methoxy groups -OCH3 is 1. The number of carbonyl (C=O) groups is 2. The molecule has 0 aromatic heterocycles. The highest BCUT2D eigenvalue weighted by atomic mass is 19.4. The number of benzene rings is 2. The first-order chi connectivity index (χ1) is 13.7. The molecule has 0 unspecified atom stereocenters.